The molecule has 0 saturated heterocycles. The third-order valence-corrected chi connectivity index (χ3v) is 4.00. The molecule has 0 aromatic heterocycles. The van der Waals surface area contributed by atoms with Crippen molar-refractivity contribution in [1.82, 2.24) is 0 Å². The second-order valence-corrected chi connectivity index (χ2v) is 5.83. The summed E-state index contributed by atoms with van der Waals surface area (Å²) in [6.07, 6.45) is 7.60. The molecule has 1 rings (SSSR count). The molecule has 1 nitrogen and oxygen atoms in total. The number of benzene rings is 1. The average molecular weight is 317 g/mol. The van der Waals surface area contributed by atoms with E-state index < -0.39 is 0 Å². The number of hydrogen-bond donors (Lipinski definition) is 0. The van der Waals surface area contributed by atoms with Gasteiger partial charge in [0.1, 0.15) is 5.75 Å². The Morgan fingerprint density at radius 3 is 2.00 bits per heavy atom. The van der Waals surface area contributed by atoms with Crippen LogP contribution in [0, 0.1) is 6.92 Å². The summed E-state index contributed by atoms with van der Waals surface area (Å²) in [7, 11) is 0. The third-order valence-electron chi connectivity index (χ3n) is 3.42. The molecule has 0 aliphatic heterocycles. The first-order valence-electron chi connectivity index (χ1n) is 7.60. The molecule has 20 heavy (non-hydrogen) atoms. The zero-order valence-electron chi connectivity index (χ0n) is 12.7. The van der Waals surface area contributed by atoms with Gasteiger partial charge in [0.2, 0.25) is 0 Å². The van der Waals surface area contributed by atoms with E-state index in [-0.39, 0.29) is 0 Å². The summed E-state index contributed by atoms with van der Waals surface area (Å²) in [5, 5.41) is 0. The van der Waals surface area contributed by atoms with Gasteiger partial charge in [-0.15, -0.1) is 23.2 Å². The fraction of sp³-hybridized carbons (Fsp3) is 0.647. The van der Waals surface area contributed by atoms with Crippen LogP contribution in [0.5, 0.6) is 5.75 Å². The monoisotopic (exact) mass is 316 g/mol. The van der Waals surface area contributed by atoms with Crippen LogP contribution in [0.1, 0.15) is 62.1 Å². The van der Waals surface area contributed by atoms with Crippen LogP contribution in [0.25, 0.3) is 0 Å². The lowest BCUT2D eigenvalue weighted by atomic mass is 10.1. The molecule has 1 aromatic carbocycles. The molecule has 0 N–H and O–H groups in total. The topological polar surface area (TPSA) is 9.23 Å². The number of halogens is 2. The highest BCUT2D eigenvalue weighted by Crippen LogP contribution is 2.29. The summed E-state index contributed by atoms with van der Waals surface area (Å²) in [4.78, 5) is 0. The van der Waals surface area contributed by atoms with Crippen molar-refractivity contribution in [2.24, 2.45) is 0 Å². The van der Waals surface area contributed by atoms with Crippen molar-refractivity contribution < 1.29 is 4.74 Å². The Hall–Kier alpha value is -0.400. The van der Waals surface area contributed by atoms with Crippen LogP contribution in [0.3, 0.4) is 0 Å². The van der Waals surface area contributed by atoms with Gasteiger partial charge in [0.05, 0.1) is 18.4 Å². The normalized spacial score (nSPS) is 10.8. The van der Waals surface area contributed by atoms with E-state index in [1.54, 1.807) is 0 Å². The molecule has 0 amide bonds. The summed E-state index contributed by atoms with van der Waals surface area (Å²) in [6.45, 7) is 5.05. The van der Waals surface area contributed by atoms with Crippen LogP contribution in [0.2, 0.25) is 0 Å². The summed E-state index contributed by atoms with van der Waals surface area (Å²) < 4.78 is 5.94. The molecule has 0 aliphatic rings. The van der Waals surface area contributed by atoms with Gasteiger partial charge in [-0.05, 0) is 13.3 Å². The molecule has 0 aliphatic carbocycles. The number of hydrogen-bond acceptors (Lipinski definition) is 1. The lowest BCUT2D eigenvalue weighted by Gasteiger charge is -2.15. The number of rotatable bonds is 10. The number of unbranched alkanes of at least 4 members (excludes halogenated alkanes) is 5. The number of ether oxygens (including phenoxy) is 1. The molecule has 114 valence electrons. The van der Waals surface area contributed by atoms with Crippen LogP contribution >= 0.6 is 23.2 Å². The lowest BCUT2D eigenvalue weighted by Crippen LogP contribution is -2.03. The highest BCUT2D eigenvalue weighted by atomic mass is 35.5. The second kappa shape index (κ2) is 10.3. The zero-order valence-corrected chi connectivity index (χ0v) is 14.2. The maximum absolute atomic E-state index is 6.01. The largest absolute Gasteiger partial charge is 0.493 e. The van der Waals surface area contributed by atoms with E-state index in [4.69, 9.17) is 27.9 Å². The Morgan fingerprint density at radius 1 is 0.900 bits per heavy atom. The molecular formula is C17H26Cl2O. The number of alkyl halides is 2. The highest BCUT2D eigenvalue weighted by Gasteiger charge is 2.10. The van der Waals surface area contributed by atoms with E-state index in [0.29, 0.717) is 11.8 Å². The standard InChI is InChI=1S/C17H26Cl2O/c1-3-4-5-6-7-8-9-20-17-15(12-18)10-14(2)11-16(17)13-19/h10-11H,3-9,12-13H2,1-2H3. The van der Waals surface area contributed by atoms with Gasteiger partial charge in [-0.2, -0.15) is 0 Å². The first-order valence-corrected chi connectivity index (χ1v) is 8.67. The smallest absolute Gasteiger partial charge is 0.128 e. The molecule has 0 bridgehead atoms. The fourth-order valence-corrected chi connectivity index (χ4v) is 2.77. The van der Waals surface area contributed by atoms with Crippen molar-refractivity contribution in [2.75, 3.05) is 6.61 Å². The van der Waals surface area contributed by atoms with Crippen LogP contribution in [0.4, 0.5) is 0 Å². The van der Waals surface area contributed by atoms with Crippen LogP contribution in [-0.4, -0.2) is 6.61 Å². The average Bonchev–Trinajstić information content (AvgIpc) is 2.46. The van der Waals surface area contributed by atoms with Crippen molar-refractivity contribution in [2.45, 2.75) is 64.1 Å². The van der Waals surface area contributed by atoms with Gasteiger partial charge in [0.15, 0.2) is 0 Å². The van der Waals surface area contributed by atoms with Crippen LogP contribution in [0.15, 0.2) is 12.1 Å². The molecule has 0 unspecified atom stereocenters. The SMILES string of the molecule is CCCCCCCCOc1c(CCl)cc(C)cc1CCl. The predicted octanol–water partition coefficient (Wildman–Crippen LogP) is 6.21. The third kappa shape index (κ3) is 5.93. The minimum absolute atomic E-state index is 0.470. The Bertz CT molecular complexity index is 366. The summed E-state index contributed by atoms with van der Waals surface area (Å²) in [5.74, 6) is 1.84. The van der Waals surface area contributed by atoms with E-state index in [1.807, 2.05) is 0 Å². The molecule has 1 aromatic rings. The van der Waals surface area contributed by atoms with E-state index in [9.17, 15) is 0 Å². The lowest BCUT2D eigenvalue weighted by molar-refractivity contribution is 0.300. The molecule has 0 heterocycles. The van der Waals surface area contributed by atoms with Gasteiger partial charge in [0.25, 0.3) is 0 Å². The molecule has 0 radical (unpaired) electrons. The van der Waals surface area contributed by atoms with E-state index in [0.717, 1.165) is 29.9 Å². The number of aryl methyl sites for hydroxylation is 1. The van der Waals surface area contributed by atoms with E-state index in [2.05, 4.69) is 26.0 Å². The minimum Gasteiger partial charge on any atom is -0.493 e. The Morgan fingerprint density at radius 2 is 1.45 bits per heavy atom. The van der Waals surface area contributed by atoms with Gasteiger partial charge >= 0.3 is 0 Å². The quantitative estimate of drug-likeness (QED) is 0.368. The van der Waals surface area contributed by atoms with Gasteiger partial charge in [0, 0.05) is 11.1 Å². The van der Waals surface area contributed by atoms with Gasteiger partial charge in [-0.25, -0.2) is 0 Å². The van der Waals surface area contributed by atoms with Crippen molar-refractivity contribution in [3.05, 3.63) is 28.8 Å². The second-order valence-electron chi connectivity index (χ2n) is 5.30. The fourth-order valence-electron chi connectivity index (χ4n) is 2.37. The molecule has 0 spiro atoms. The Labute approximate surface area is 133 Å². The molecular weight excluding hydrogens is 291 g/mol. The van der Waals surface area contributed by atoms with Crippen molar-refractivity contribution in [3.63, 3.8) is 0 Å². The zero-order chi connectivity index (χ0) is 14.8. The molecule has 0 atom stereocenters. The molecule has 0 fully saturated rings. The molecule has 3 heteroatoms. The van der Waals surface area contributed by atoms with Crippen LogP contribution in [-0.2, 0) is 11.8 Å². The Balaban J connectivity index is 2.46. The minimum atomic E-state index is 0.470. The first-order chi connectivity index (χ1) is 9.72. The van der Waals surface area contributed by atoms with Gasteiger partial charge in [-0.3, -0.25) is 0 Å². The maximum Gasteiger partial charge on any atom is 0.128 e. The molecule has 0 saturated carbocycles. The van der Waals surface area contributed by atoms with Crippen molar-refractivity contribution in [1.29, 1.82) is 0 Å². The van der Waals surface area contributed by atoms with Crippen molar-refractivity contribution in [3.8, 4) is 5.75 Å². The maximum atomic E-state index is 6.01. The Kier molecular flexibility index (Phi) is 9.13. The summed E-state index contributed by atoms with van der Waals surface area (Å²) >= 11 is 12.0. The highest BCUT2D eigenvalue weighted by molar-refractivity contribution is 6.18. The summed E-state index contributed by atoms with van der Waals surface area (Å²) in [5.41, 5.74) is 3.28. The van der Waals surface area contributed by atoms with Gasteiger partial charge < -0.3 is 4.74 Å². The van der Waals surface area contributed by atoms with E-state index in [1.165, 1.54) is 37.7 Å². The van der Waals surface area contributed by atoms with E-state index >= 15 is 0 Å². The first kappa shape index (κ1) is 17.7. The van der Waals surface area contributed by atoms with Gasteiger partial charge in [-0.1, -0.05) is 56.7 Å². The summed E-state index contributed by atoms with van der Waals surface area (Å²) in [6, 6.07) is 4.17. The predicted molar refractivity (Wildman–Crippen MR) is 89.2 cm³/mol. The van der Waals surface area contributed by atoms with Crippen molar-refractivity contribution >= 4 is 23.2 Å². The van der Waals surface area contributed by atoms with Crippen LogP contribution < -0.4 is 4.74 Å².